The minimum atomic E-state index is -3.46. The first-order chi connectivity index (χ1) is 12.8. The predicted octanol–water partition coefficient (Wildman–Crippen LogP) is 1.30. The third-order valence-electron chi connectivity index (χ3n) is 3.66. The van der Waals surface area contributed by atoms with Gasteiger partial charge in [-0.3, -0.25) is 9.68 Å². The highest BCUT2D eigenvalue weighted by molar-refractivity contribution is 7.95. The van der Waals surface area contributed by atoms with E-state index in [1.54, 1.807) is 0 Å². The van der Waals surface area contributed by atoms with Crippen LogP contribution >= 0.6 is 12.1 Å². The lowest BCUT2D eigenvalue weighted by molar-refractivity contribution is 0.131. The summed E-state index contributed by atoms with van der Waals surface area (Å²) in [7, 11) is -4.38. The molecular weight excluding hydrogens is 448 g/mol. The normalized spacial score (nSPS) is 13.5. The lowest BCUT2D eigenvalue weighted by Crippen LogP contribution is -2.33. The fraction of sp³-hybridized carbons (Fsp3) is 0.714. The monoisotopic (exact) mass is 474 g/mol. The molecule has 0 aliphatic carbocycles. The average molecular weight is 475 g/mol. The van der Waals surface area contributed by atoms with Crippen molar-refractivity contribution < 1.29 is 36.1 Å². The van der Waals surface area contributed by atoms with E-state index in [2.05, 4.69) is 20.0 Å². The summed E-state index contributed by atoms with van der Waals surface area (Å²) in [5.74, 6) is 0. The van der Waals surface area contributed by atoms with Crippen molar-refractivity contribution in [1.29, 1.82) is 0 Å². The summed E-state index contributed by atoms with van der Waals surface area (Å²) in [6, 6.07) is 0. The highest BCUT2D eigenvalue weighted by atomic mass is 32.2. The first-order valence-electron chi connectivity index (χ1n) is 7.87. The Morgan fingerprint density at radius 2 is 1.07 bits per heavy atom. The third-order valence-corrected chi connectivity index (χ3v) is 8.48. The Balaban J connectivity index is 4.75. The number of oxime groups is 2. The summed E-state index contributed by atoms with van der Waals surface area (Å²) in [4.78, 5) is 32.8. The molecule has 168 valence electrons. The van der Waals surface area contributed by atoms with Crippen molar-refractivity contribution in [2.24, 2.45) is 10.3 Å². The van der Waals surface area contributed by atoms with Gasteiger partial charge in [-0.05, 0) is 27.7 Å². The first-order valence-corrected chi connectivity index (χ1v) is 12.4. The molecule has 0 bridgehead atoms. The zero-order chi connectivity index (χ0) is 23.3. The fourth-order valence-corrected chi connectivity index (χ4v) is 1.99. The first kappa shape index (κ1) is 27.1. The van der Waals surface area contributed by atoms with Gasteiger partial charge in [-0.25, -0.2) is 35.0 Å². The van der Waals surface area contributed by atoms with Gasteiger partial charge in [0, 0.05) is 26.6 Å². The second-order valence-electron chi connectivity index (χ2n) is 7.01. The van der Waals surface area contributed by atoms with E-state index in [9.17, 15) is 26.4 Å². The summed E-state index contributed by atoms with van der Waals surface area (Å²) in [6.07, 6.45) is 1.99. The van der Waals surface area contributed by atoms with Gasteiger partial charge in [0.15, 0.2) is 19.7 Å². The number of hydrogen-bond donors (Lipinski definition) is 0. The fourth-order valence-electron chi connectivity index (χ4n) is 0.954. The highest BCUT2D eigenvalue weighted by Gasteiger charge is 2.29. The summed E-state index contributed by atoms with van der Waals surface area (Å²) in [5, 5.41) is 6.72. The number of carbonyl (C=O) groups is 2. The van der Waals surface area contributed by atoms with Crippen molar-refractivity contribution in [3.8, 4) is 0 Å². The lowest BCUT2D eigenvalue weighted by Gasteiger charge is -2.20. The van der Waals surface area contributed by atoms with Gasteiger partial charge < -0.3 is 0 Å². The van der Waals surface area contributed by atoms with Crippen LogP contribution in [-0.4, -0.2) is 86.2 Å². The van der Waals surface area contributed by atoms with Crippen molar-refractivity contribution in [2.45, 2.75) is 37.2 Å². The van der Waals surface area contributed by atoms with Crippen LogP contribution in [-0.2, 0) is 29.3 Å². The number of rotatable bonds is 8. The number of carbonyl (C=O) groups excluding carboxylic acids is 2. The molecule has 0 aromatic carbocycles. The van der Waals surface area contributed by atoms with Crippen LogP contribution in [0, 0.1) is 0 Å². The molecule has 0 aromatic rings. The molecule has 0 unspecified atom stereocenters. The summed E-state index contributed by atoms with van der Waals surface area (Å²) in [5.41, 5.74) is 0. The molecule has 12 nitrogen and oxygen atoms in total. The zero-order valence-electron chi connectivity index (χ0n) is 17.4. The van der Waals surface area contributed by atoms with Crippen LogP contribution in [0.4, 0.5) is 9.59 Å². The maximum atomic E-state index is 11.8. The molecular formula is C14H26N4O8S3. The van der Waals surface area contributed by atoms with Crippen LogP contribution in [0.25, 0.3) is 0 Å². The second-order valence-corrected chi connectivity index (χ2v) is 13.5. The molecule has 0 atom stereocenters. The van der Waals surface area contributed by atoms with Crippen molar-refractivity contribution in [3.63, 3.8) is 0 Å². The number of amides is 2. The minimum absolute atomic E-state index is 0.576. The summed E-state index contributed by atoms with van der Waals surface area (Å²) < 4.78 is 45.2. The van der Waals surface area contributed by atoms with Gasteiger partial charge in [0.1, 0.15) is 9.49 Å². The Morgan fingerprint density at radius 3 is 1.31 bits per heavy atom. The van der Waals surface area contributed by atoms with E-state index in [4.69, 9.17) is 0 Å². The van der Waals surface area contributed by atoms with Gasteiger partial charge in [0.05, 0.1) is 24.6 Å². The van der Waals surface area contributed by atoms with E-state index in [-0.39, 0.29) is 0 Å². The molecule has 0 aliphatic rings. The number of nitrogens with zero attached hydrogens (tertiary/aromatic N) is 4. The van der Waals surface area contributed by atoms with E-state index in [0.29, 0.717) is 12.1 Å². The topological polar surface area (TPSA) is 152 Å². The van der Waals surface area contributed by atoms with Crippen LogP contribution in [0.15, 0.2) is 10.3 Å². The maximum absolute atomic E-state index is 11.8. The van der Waals surface area contributed by atoms with Gasteiger partial charge >= 0.3 is 12.2 Å². The number of sulfone groups is 2. The van der Waals surface area contributed by atoms with E-state index in [1.807, 2.05) is 0 Å². The quantitative estimate of drug-likeness (QED) is 0.219. The van der Waals surface area contributed by atoms with E-state index >= 15 is 0 Å². The Hall–Kier alpha value is -1.87. The van der Waals surface area contributed by atoms with Crippen LogP contribution < -0.4 is 0 Å². The Morgan fingerprint density at radius 1 is 0.793 bits per heavy atom. The molecule has 0 N–H and O–H groups in total. The second kappa shape index (κ2) is 9.75. The number of hydrogen-bond acceptors (Lipinski definition) is 11. The van der Waals surface area contributed by atoms with Gasteiger partial charge in [0.25, 0.3) is 0 Å². The molecule has 0 fully saturated rings. The SMILES string of the molecule is CN(SN(C)C(=O)O/N=C/C(C)(C)S(C)(=O)=O)C(=O)O/N=C/C(C)(C)S(C)(=O)=O. The van der Waals surface area contributed by atoms with Gasteiger partial charge in [-0.15, -0.1) is 0 Å². The van der Waals surface area contributed by atoms with Gasteiger partial charge in [-0.1, -0.05) is 10.3 Å². The van der Waals surface area contributed by atoms with E-state index < -0.39 is 41.4 Å². The van der Waals surface area contributed by atoms with E-state index in [1.165, 1.54) is 41.8 Å². The molecule has 0 heterocycles. The molecule has 0 aromatic heterocycles. The van der Waals surface area contributed by atoms with E-state index in [0.717, 1.165) is 33.6 Å². The molecule has 0 saturated heterocycles. The standard InChI is InChI=1S/C14H26N4O8S3/c1-13(2,28(7,21)22)9-15-25-11(19)17(5)27-18(6)12(20)26-16-10-14(3,4)29(8,23)24/h9-10H,1-8H3/b15-9+,16-10+. The summed E-state index contributed by atoms with van der Waals surface area (Å²) >= 11 is 0.576. The Bertz CT molecular complexity index is 807. The van der Waals surface area contributed by atoms with Gasteiger partial charge in [0.2, 0.25) is 0 Å². The largest absolute Gasteiger partial charge is 0.447 e. The predicted molar refractivity (Wildman–Crippen MR) is 111 cm³/mol. The average Bonchev–Trinajstić information content (AvgIpc) is 2.51. The molecule has 0 radical (unpaired) electrons. The van der Waals surface area contributed by atoms with Crippen molar-refractivity contribution in [2.75, 3.05) is 26.6 Å². The van der Waals surface area contributed by atoms with Crippen molar-refractivity contribution in [3.05, 3.63) is 0 Å². The van der Waals surface area contributed by atoms with Crippen LogP contribution in [0.2, 0.25) is 0 Å². The smallest absolute Gasteiger partial charge is 0.298 e. The Kier molecular flexibility index (Phi) is 9.13. The van der Waals surface area contributed by atoms with Crippen molar-refractivity contribution >= 4 is 56.4 Å². The molecule has 0 aliphatic heterocycles. The van der Waals surface area contributed by atoms with Crippen LogP contribution in [0.1, 0.15) is 27.7 Å². The molecule has 0 spiro atoms. The zero-order valence-corrected chi connectivity index (χ0v) is 19.9. The molecule has 0 saturated carbocycles. The third kappa shape index (κ3) is 8.57. The molecule has 15 heteroatoms. The minimum Gasteiger partial charge on any atom is -0.298 e. The maximum Gasteiger partial charge on any atom is 0.447 e. The van der Waals surface area contributed by atoms with Gasteiger partial charge in [-0.2, -0.15) is 0 Å². The van der Waals surface area contributed by atoms with Crippen LogP contribution in [0.3, 0.4) is 0 Å². The van der Waals surface area contributed by atoms with Crippen LogP contribution in [0.5, 0.6) is 0 Å². The highest BCUT2D eigenvalue weighted by Crippen LogP contribution is 2.16. The molecule has 29 heavy (non-hydrogen) atoms. The lowest BCUT2D eigenvalue weighted by atomic mass is 10.2. The Labute approximate surface area is 175 Å². The van der Waals surface area contributed by atoms with Crippen molar-refractivity contribution in [1.82, 2.24) is 8.61 Å². The molecule has 2 amide bonds. The summed E-state index contributed by atoms with van der Waals surface area (Å²) in [6.45, 7) is 5.53. The molecule has 0 rings (SSSR count).